The van der Waals surface area contributed by atoms with Crippen LogP contribution in [0.15, 0.2) is 41.8 Å². The maximum Gasteiger partial charge on any atom is 0.317 e. The van der Waals surface area contributed by atoms with E-state index in [1.807, 2.05) is 11.4 Å². The molecule has 0 radical (unpaired) electrons. The molecule has 1 fully saturated rings. The summed E-state index contributed by atoms with van der Waals surface area (Å²) in [5.41, 5.74) is 0.619. The summed E-state index contributed by atoms with van der Waals surface area (Å²) in [4.78, 5) is 24.3. The minimum absolute atomic E-state index is 0.174. The smallest absolute Gasteiger partial charge is 0.317 e. The lowest BCUT2D eigenvalue weighted by molar-refractivity contribution is -0.135. The molecule has 0 saturated heterocycles. The van der Waals surface area contributed by atoms with E-state index < -0.39 is 16.2 Å². The van der Waals surface area contributed by atoms with Crippen molar-refractivity contribution in [1.82, 2.24) is 0 Å². The van der Waals surface area contributed by atoms with Gasteiger partial charge in [0.1, 0.15) is 10.1 Å². The Morgan fingerprint density at radius 3 is 2.45 bits per heavy atom. The third-order valence-electron chi connectivity index (χ3n) is 3.19. The molecule has 3 rings (SSSR count). The molecule has 1 aliphatic carbocycles. The highest BCUT2D eigenvalue weighted by Crippen LogP contribution is 2.53. The van der Waals surface area contributed by atoms with Crippen molar-refractivity contribution >= 4 is 52.1 Å². The molecular weight excluding hydrogens is 345 g/mol. The summed E-state index contributed by atoms with van der Waals surface area (Å²) in [5.74, 6) is -0.712. The van der Waals surface area contributed by atoms with E-state index in [0.717, 1.165) is 0 Å². The number of carbonyl (C=O) groups is 2. The molecule has 4 nitrogen and oxygen atoms in total. The molecule has 0 spiro atoms. The van der Waals surface area contributed by atoms with Crippen molar-refractivity contribution in [2.75, 3.05) is 5.32 Å². The number of amides is 1. The zero-order valence-corrected chi connectivity index (χ0v) is 13.5. The average Bonchev–Trinajstić information content (AvgIpc) is 2.92. The van der Waals surface area contributed by atoms with Crippen LogP contribution in [0.25, 0.3) is 0 Å². The lowest BCUT2D eigenvalue weighted by Gasteiger charge is -2.07. The molecule has 1 unspecified atom stereocenters. The number of rotatable bonds is 4. The van der Waals surface area contributed by atoms with Gasteiger partial charge in [-0.1, -0.05) is 6.07 Å². The molecule has 1 atom stereocenters. The first-order valence-corrected chi connectivity index (χ1v) is 8.14. The van der Waals surface area contributed by atoms with E-state index in [9.17, 15) is 9.59 Å². The molecule has 0 bridgehead atoms. The van der Waals surface area contributed by atoms with Crippen LogP contribution in [-0.2, 0) is 4.79 Å². The first-order chi connectivity index (χ1) is 10.5. The fraction of sp³-hybridized carbons (Fsp3) is 0.200. The van der Waals surface area contributed by atoms with E-state index in [4.69, 9.17) is 27.9 Å². The van der Waals surface area contributed by atoms with Crippen LogP contribution in [0.4, 0.5) is 5.69 Å². The van der Waals surface area contributed by atoms with Gasteiger partial charge >= 0.3 is 5.97 Å². The van der Waals surface area contributed by atoms with Gasteiger partial charge in [0.2, 0.25) is 0 Å². The molecule has 2 aromatic rings. The largest absolute Gasteiger partial charge is 0.426 e. The van der Waals surface area contributed by atoms with Crippen molar-refractivity contribution in [2.45, 2.75) is 10.8 Å². The van der Waals surface area contributed by atoms with Gasteiger partial charge < -0.3 is 10.1 Å². The average molecular weight is 356 g/mol. The summed E-state index contributed by atoms with van der Waals surface area (Å²) in [6, 6.07) is 10.1. The van der Waals surface area contributed by atoms with Gasteiger partial charge in [-0.2, -0.15) is 0 Å². The zero-order chi connectivity index (χ0) is 15.7. The van der Waals surface area contributed by atoms with Crippen LogP contribution >= 0.6 is 34.5 Å². The van der Waals surface area contributed by atoms with E-state index >= 15 is 0 Å². The Hall–Kier alpha value is -1.56. The normalized spacial score (nSPS) is 18.5. The monoisotopic (exact) mass is 355 g/mol. The maximum atomic E-state index is 11.9. The lowest BCUT2D eigenvalue weighted by atomic mass is 10.3. The van der Waals surface area contributed by atoms with Crippen LogP contribution in [0.1, 0.15) is 16.1 Å². The number of thiophene rings is 1. The van der Waals surface area contributed by atoms with Gasteiger partial charge in [0, 0.05) is 5.69 Å². The topological polar surface area (TPSA) is 55.4 Å². The number of carbonyl (C=O) groups excluding carboxylic acids is 2. The summed E-state index contributed by atoms with van der Waals surface area (Å²) in [7, 11) is 0. The van der Waals surface area contributed by atoms with Gasteiger partial charge in [-0.15, -0.1) is 34.5 Å². The molecular formula is C15H11Cl2NO3S. The molecule has 1 aromatic heterocycles. The van der Waals surface area contributed by atoms with Crippen LogP contribution in [0.3, 0.4) is 0 Å². The highest BCUT2D eigenvalue weighted by Gasteiger charge is 2.57. The van der Waals surface area contributed by atoms with E-state index in [1.165, 1.54) is 11.3 Å². The van der Waals surface area contributed by atoms with Crippen LogP contribution in [0, 0.1) is 5.92 Å². The zero-order valence-electron chi connectivity index (χ0n) is 11.2. The molecule has 7 heteroatoms. The van der Waals surface area contributed by atoms with Crippen molar-refractivity contribution < 1.29 is 14.3 Å². The lowest BCUT2D eigenvalue weighted by Crippen LogP contribution is -2.14. The molecule has 1 heterocycles. The Labute approximate surface area is 141 Å². The van der Waals surface area contributed by atoms with Crippen molar-refractivity contribution in [3.63, 3.8) is 0 Å². The third kappa shape index (κ3) is 3.43. The summed E-state index contributed by atoms with van der Waals surface area (Å²) in [6.45, 7) is 0. The van der Waals surface area contributed by atoms with Gasteiger partial charge in [-0.3, -0.25) is 9.59 Å². The molecule has 1 amide bonds. The van der Waals surface area contributed by atoms with E-state index in [1.54, 1.807) is 30.3 Å². The summed E-state index contributed by atoms with van der Waals surface area (Å²) < 4.78 is 4.19. The van der Waals surface area contributed by atoms with Crippen LogP contribution in [-0.4, -0.2) is 16.2 Å². The quantitative estimate of drug-likeness (QED) is 0.510. The first-order valence-electron chi connectivity index (χ1n) is 6.50. The molecule has 1 aromatic carbocycles. The Morgan fingerprint density at radius 1 is 1.23 bits per heavy atom. The second-order valence-corrected chi connectivity index (χ2v) is 7.38. The molecule has 22 heavy (non-hydrogen) atoms. The second kappa shape index (κ2) is 5.91. The van der Waals surface area contributed by atoms with Crippen LogP contribution < -0.4 is 10.1 Å². The Balaban J connectivity index is 1.59. The van der Waals surface area contributed by atoms with Gasteiger partial charge in [0.25, 0.3) is 5.91 Å². The number of nitrogens with one attached hydrogen (secondary N) is 1. The van der Waals surface area contributed by atoms with Gasteiger partial charge in [-0.05, 0) is 42.1 Å². The summed E-state index contributed by atoms with van der Waals surface area (Å²) >= 11 is 13.0. The Kier molecular flexibility index (Phi) is 4.12. The Morgan fingerprint density at radius 2 is 1.91 bits per heavy atom. The SMILES string of the molecule is O=C(Nc1ccc(OC(=O)C2CC2(Cl)Cl)cc1)c1cccs1. The summed E-state index contributed by atoms with van der Waals surface area (Å²) in [6.07, 6.45) is 0.407. The highest BCUT2D eigenvalue weighted by molar-refractivity contribution is 7.12. The molecule has 0 aliphatic heterocycles. The molecule has 114 valence electrons. The molecule has 1 saturated carbocycles. The number of hydrogen-bond donors (Lipinski definition) is 1. The minimum atomic E-state index is -0.994. The predicted molar refractivity (Wildman–Crippen MR) is 86.9 cm³/mol. The maximum absolute atomic E-state index is 11.9. The van der Waals surface area contributed by atoms with Crippen molar-refractivity contribution in [3.8, 4) is 5.75 Å². The van der Waals surface area contributed by atoms with Crippen LogP contribution in [0.5, 0.6) is 5.75 Å². The predicted octanol–water partition coefficient (Wildman–Crippen LogP) is 4.10. The van der Waals surface area contributed by atoms with Crippen molar-refractivity contribution in [2.24, 2.45) is 5.92 Å². The van der Waals surface area contributed by atoms with Gasteiger partial charge in [-0.25, -0.2) is 0 Å². The fourth-order valence-corrected chi connectivity index (χ4v) is 2.97. The van der Waals surface area contributed by atoms with Crippen molar-refractivity contribution in [3.05, 3.63) is 46.7 Å². The Bertz CT molecular complexity index is 698. The minimum Gasteiger partial charge on any atom is -0.426 e. The second-order valence-electron chi connectivity index (χ2n) is 4.89. The number of halogens is 2. The molecule has 1 N–H and O–H groups in total. The number of esters is 1. The number of hydrogen-bond acceptors (Lipinski definition) is 4. The number of ether oxygens (including phenoxy) is 1. The number of benzene rings is 1. The third-order valence-corrected chi connectivity index (χ3v) is 4.89. The first kappa shape index (κ1) is 15.3. The fourth-order valence-electron chi connectivity index (χ4n) is 1.86. The number of alkyl halides is 2. The van der Waals surface area contributed by atoms with Crippen molar-refractivity contribution in [1.29, 1.82) is 0 Å². The van der Waals surface area contributed by atoms with E-state index in [-0.39, 0.29) is 5.91 Å². The van der Waals surface area contributed by atoms with Crippen LogP contribution in [0.2, 0.25) is 0 Å². The standard InChI is InChI=1S/C15H11Cl2NO3S/c16-15(17)8-11(15)14(20)21-10-5-3-9(4-6-10)18-13(19)12-2-1-7-22-12/h1-7,11H,8H2,(H,18,19). The summed E-state index contributed by atoms with van der Waals surface area (Å²) in [5, 5.41) is 4.60. The van der Waals surface area contributed by atoms with E-state index in [2.05, 4.69) is 5.32 Å². The van der Waals surface area contributed by atoms with E-state index in [0.29, 0.717) is 22.7 Å². The number of anilines is 1. The highest BCUT2D eigenvalue weighted by atomic mass is 35.5. The molecule has 1 aliphatic rings. The van der Waals surface area contributed by atoms with Gasteiger partial charge in [0.05, 0.1) is 10.8 Å². The van der Waals surface area contributed by atoms with Gasteiger partial charge in [0.15, 0.2) is 0 Å².